The van der Waals surface area contributed by atoms with Crippen molar-refractivity contribution in [1.29, 1.82) is 0 Å². The Balaban J connectivity index is 1.65. The van der Waals surface area contributed by atoms with E-state index < -0.39 is 0 Å². The van der Waals surface area contributed by atoms with Gasteiger partial charge in [0.15, 0.2) is 0 Å². The van der Waals surface area contributed by atoms with Crippen LogP contribution in [0.3, 0.4) is 0 Å². The number of nitrogens with zero attached hydrogens (tertiary/aromatic N) is 1. The molecule has 2 atom stereocenters. The van der Waals surface area contributed by atoms with Crippen molar-refractivity contribution in [3.8, 4) is 0 Å². The van der Waals surface area contributed by atoms with E-state index in [2.05, 4.69) is 31.3 Å². The van der Waals surface area contributed by atoms with Crippen molar-refractivity contribution in [2.45, 2.75) is 32.9 Å². The van der Waals surface area contributed by atoms with E-state index in [1.54, 1.807) is 0 Å². The van der Waals surface area contributed by atoms with Crippen molar-refractivity contribution in [3.63, 3.8) is 0 Å². The highest BCUT2D eigenvalue weighted by molar-refractivity contribution is 5.74. The number of hydrogen-bond acceptors (Lipinski definition) is 3. The molecule has 1 fully saturated rings. The topological polar surface area (TPSA) is 50.8 Å². The maximum absolute atomic E-state index is 12.3. The third kappa shape index (κ3) is 6.20. The second-order valence-corrected chi connectivity index (χ2v) is 6.24. The lowest BCUT2D eigenvalue weighted by Crippen LogP contribution is -2.46. The summed E-state index contributed by atoms with van der Waals surface area (Å²) in [4.78, 5) is 14.1. The molecule has 5 heteroatoms. The van der Waals surface area contributed by atoms with Crippen LogP contribution in [-0.2, 0) is 16.1 Å². The third-order valence-electron chi connectivity index (χ3n) is 4.07. The van der Waals surface area contributed by atoms with E-state index in [-0.39, 0.29) is 18.0 Å². The van der Waals surface area contributed by atoms with Gasteiger partial charge >= 0.3 is 6.03 Å². The lowest BCUT2D eigenvalue weighted by atomic mass is 10.2. The van der Waals surface area contributed by atoms with Gasteiger partial charge in [-0.25, -0.2) is 4.79 Å². The van der Waals surface area contributed by atoms with Crippen LogP contribution in [0.5, 0.6) is 0 Å². The highest BCUT2D eigenvalue weighted by atomic mass is 16.5. The molecule has 0 radical (unpaired) electrons. The number of carbonyl (C=O) groups is 1. The molecular formula is C18H28N2O3. The first kappa shape index (κ1) is 17.8. The van der Waals surface area contributed by atoms with Crippen LogP contribution < -0.4 is 5.32 Å². The van der Waals surface area contributed by atoms with E-state index in [9.17, 15) is 4.79 Å². The first-order valence-corrected chi connectivity index (χ1v) is 8.40. The van der Waals surface area contributed by atoms with Gasteiger partial charge in [0.2, 0.25) is 0 Å². The molecule has 1 aromatic rings. The van der Waals surface area contributed by atoms with Crippen LogP contribution in [0.2, 0.25) is 0 Å². The van der Waals surface area contributed by atoms with E-state index in [1.807, 2.05) is 23.1 Å². The molecule has 0 spiro atoms. The summed E-state index contributed by atoms with van der Waals surface area (Å²) in [6, 6.07) is 10.3. The maximum Gasteiger partial charge on any atom is 0.317 e. The van der Waals surface area contributed by atoms with E-state index in [4.69, 9.17) is 9.47 Å². The Kier molecular flexibility index (Phi) is 7.36. The average Bonchev–Trinajstić information content (AvgIpc) is 2.78. The van der Waals surface area contributed by atoms with Gasteiger partial charge in [-0.2, -0.15) is 0 Å². The number of urea groups is 1. The van der Waals surface area contributed by atoms with E-state index in [0.29, 0.717) is 32.9 Å². The van der Waals surface area contributed by atoms with Crippen LogP contribution in [0.25, 0.3) is 0 Å². The fourth-order valence-electron chi connectivity index (χ4n) is 2.57. The van der Waals surface area contributed by atoms with Crippen molar-refractivity contribution in [2.75, 3.05) is 32.9 Å². The van der Waals surface area contributed by atoms with Gasteiger partial charge in [0.25, 0.3) is 0 Å². The third-order valence-corrected chi connectivity index (χ3v) is 4.07. The van der Waals surface area contributed by atoms with Crippen molar-refractivity contribution in [1.82, 2.24) is 10.2 Å². The van der Waals surface area contributed by atoms with Gasteiger partial charge in [0.05, 0.1) is 19.8 Å². The lowest BCUT2D eigenvalue weighted by Gasteiger charge is -2.27. The fraction of sp³-hybridized carbons (Fsp3) is 0.611. The van der Waals surface area contributed by atoms with Crippen LogP contribution in [0, 0.1) is 5.92 Å². The quantitative estimate of drug-likeness (QED) is 0.877. The highest BCUT2D eigenvalue weighted by Crippen LogP contribution is 2.09. The van der Waals surface area contributed by atoms with Gasteiger partial charge < -0.3 is 19.7 Å². The zero-order chi connectivity index (χ0) is 16.5. The summed E-state index contributed by atoms with van der Waals surface area (Å²) in [6.45, 7) is 8.03. The maximum atomic E-state index is 12.3. The molecule has 128 valence electrons. The zero-order valence-corrected chi connectivity index (χ0v) is 14.2. The molecule has 0 aromatic heterocycles. The Morgan fingerprint density at radius 2 is 2.17 bits per heavy atom. The number of benzene rings is 1. The largest absolute Gasteiger partial charge is 0.380 e. The molecule has 2 amide bonds. The fourth-order valence-corrected chi connectivity index (χ4v) is 2.57. The Morgan fingerprint density at radius 3 is 2.96 bits per heavy atom. The van der Waals surface area contributed by atoms with Gasteiger partial charge in [-0.05, 0) is 24.8 Å². The molecule has 1 N–H and O–H groups in total. The minimum atomic E-state index is -0.00194. The highest BCUT2D eigenvalue weighted by Gasteiger charge is 2.22. The van der Waals surface area contributed by atoms with Gasteiger partial charge in [-0.3, -0.25) is 0 Å². The number of carbonyl (C=O) groups excluding carboxylic acids is 1. The van der Waals surface area contributed by atoms with Crippen molar-refractivity contribution in [2.24, 2.45) is 5.92 Å². The minimum absolute atomic E-state index is 0.00194. The van der Waals surface area contributed by atoms with Crippen molar-refractivity contribution in [3.05, 3.63) is 35.9 Å². The molecule has 1 saturated heterocycles. The monoisotopic (exact) mass is 320 g/mol. The average molecular weight is 320 g/mol. The summed E-state index contributed by atoms with van der Waals surface area (Å²) < 4.78 is 11.1. The molecule has 0 aliphatic carbocycles. The van der Waals surface area contributed by atoms with Gasteiger partial charge in [-0.1, -0.05) is 37.3 Å². The standard InChI is InChI=1S/C18H28N2O3/c1-15(13-23-14-17-6-4-3-5-7-17)12-19-18(21)20-9-11-22-10-8-16(20)2/h3-7,15-16H,8-14H2,1-2H3,(H,19,21). The number of rotatable bonds is 6. The lowest BCUT2D eigenvalue weighted by molar-refractivity contribution is 0.0913. The van der Waals surface area contributed by atoms with Crippen LogP contribution in [-0.4, -0.2) is 49.9 Å². The van der Waals surface area contributed by atoms with E-state index in [1.165, 1.54) is 5.56 Å². The first-order valence-electron chi connectivity index (χ1n) is 8.40. The minimum Gasteiger partial charge on any atom is -0.380 e. The number of amides is 2. The number of ether oxygens (including phenoxy) is 2. The molecule has 5 nitrogen and oxygen atoms in total. The molecule has 2 rings (SSSR count). The molecule has 2 unspecified atom stereocenters. The molecule has 23 heavy (non-hydrogen) atoms. The van der Waals surface area contributed by atoms with E-state index in [0.717, 1.165) is 13.0 Å². The second-order valence-electron chi connectivity index (χ2n) is 6.24. The molecule has 0 bridgehead atoms. The Hall–Kier alpha value is -1.59. The smallest absolute Gasteiger partial charge is 0.317 e. The Bertz CT molecular complexity index is 467. The molecule has 1 aliphatic rings. The van der Waals surface area contributed by atoms with Gasteiger partial charge in [0.1, 0.15) is 0 Å². The predicted molar refractivity (Wildman–Crippen MR) is 90.3 cm³/mol. The molecule has 0 saturated carbocycles. The number of nitrogens with one attached hydrogen (secondary N) is 1. The van der Waals surface area contributed by atoms with Crippen LogP contribution in [0.1, 0.15) is 25.8 Å². The van der Waals surface area contributed by atoms with Crippen LogP contribution in [0.15, 0.2) is 30.3 Å². The molecular weight excluding hydrogens is 292 g/mol. The zero-order valence-electron chi connectivity index (χ0n) is 14.2. The molecule has 1 heterocycles. The summed E-state index contributed by atoms with van der Waals surface area (Å²) in [5.41, 5.74) is 1.17. The Labute approximate surface area is 139 Å². The summed E-state index contributed by atoms with van der Waals surface area (Å²) in [7, 11) is 0. The van der Waals surface area contributed by atoms with Crippen LogP contribution >= 0.6 is 0 Å². The number of hydrogen-bond donors (Lipinski definition) is 1. The normalized spacial score (nSPS) is 19.9. The van der Waals surface area contributed by atoms with Gasteiger partial charge in [-0.15, -0.1) is 0 Å². The summed E-state index contributed by atoms with van der Waals surface area (Å²) in [6.07, 6.45) is 0.892. The molecule has 1 aliphatic heterocycles. The summed E-state index contributed by atoms with van der Waals surface area (Å²) >= 11 is 0. The predicted octanol–water partition coefficient (Wildman–Crippen LogP) is 2.66. The Morgan fingerprint density at radius 1 is 1.39 bits per heavy atom. The summed E-state index contributed by atoms with van der Waals surface area (Å²) in [5, 5.41) is 3.01. The first-order chi connectivity index (χ1) is 11.2. The van der Waals surface area contributed by atoms with Crippen molar-refractivity contribution >= 4 is 6.03 Å². The van der Waals surface area contributed by atoms with Crippen LogP contribution in [0.4, 0.5) is 4.79 Å². The molecule has 1 aromatic carbocycles. The summed E-state index contributed by atoms with van der Waals surface area (Å²) in [5.74, 6) is 0.279. The van der Waals surface area contributed by atoms with Crippen molar-refractivity contribution < 1.29 is 14.3 Å². The van der Waals surface area contributed by atoms with Gasteiger partial charge in [0, 0.05) is 25.7 Å². The van der Waals surface area contributed by atoms with E-state index >= 15 is 0 Å². The second kappa shape index (κ2) is 9.53. The SMILES string of the molecule is CC(CNC(=O)N1CCOCCC1C)COCc1ccccc1.